The maximum Gasteiger partial charge on any atom is 0.108 e. The molecule has 24 heavy (non-hydrogen) atoms. The van der Waals surface area contributed by atoms with E-state index in [1.165, 1.54) is 0 Å². The van der Waals surface area contributed by atoms with Gasteiger partial charge in [0.1, 0.15) is 11.7 Å². The minimum absolute atomic E-state index is 0.314. The standard InChI is InChI=1S/C19H21ClN4/c1-13(21)23-16-6-4-5-7-17(16)24(19(2,3)12-18(23)22)15-10-8-14(20)9-11-15/h4-11,21-22H,12H2,1-3H3. The fraction of sp³-hybridized carbons (Fsp3) is 0.263. The highest BCUT2D eigenvalue weighted by molar-refractivity contribution is 6.30. The summed E-state index contributed by atoms with van der Waals surface area (Å²) in [7, 11) is 0. The maximum absolute atomic E-state index is 8.53. The highest BCUT2D eigenvalue weighted by Crippen LogP contribution is 2.44. The van der Waals surface area contributed by atoms with Gasteiger partial charge in [0.25, 0.3) is 0 Å². The predicted molar refractivity (Wildman–Crippen MR) is 102 cm³/mol. The molecule has 0 saturated carbocycles. The van der Waals surface area contributed by atoms with Crippen LogP contribution < -0.4 is 9.80 Å². The molecule has 1 aliphatic rings. The first-order chi connectivity index (χ1) is 11.3. The molecule has 2 N–H and O–H groups in total. The van der Waals surface area contributed by atoms with E-state index in [9.17, 15) is 0 Å². The SMILES string of the molecule is CC(=N)N1C(=N)CC(C)(C)N(c2ccc(Cl)cc2)c2ccccc21. The minimum atomic E-state index is -0.314. The lowest BCUT2D eigenvalue weighted by molar-refractivity contribution is 0.527. The Kier molecular flexibility index (Phi) is 4.10. The second-order valence-corrected chi connectivity index (χ2v) is 7.09. The number of fused-ring (bicyclic) bond motifs is 1. The van der Waals surface area contributed by atoms with Crippen molar-refractivity contribution in [2.45, 2.75) is 32.7 Å². The van der Waals surface area contributed by atoms with Gasteiger partial charge in [0.05, 0.1) is 11.4 Å². The van der Waals surface area contributed by atoms with E-state index >= 15 is 0 Å². The smallest absolute Gasteiger partial charge is 0.108 e. The highest BCUT2D eigenvalue weighted by Gasteiger charge is 2.37. The van der Waals surface area contributed by atoms with Crippen LogP contribution in [0, 0.1) is 10.8 Å². The van der Waals surface area contributed by atoms with E-state index in [0.29, 0.717) is 23.1 Å². The summed E-state index contributed by atoms with van der Waals surface area (Å²) in [6.45, 7) is 5.96. The van der Waals surface area contributed by atoms with Gasteiger partial charge in [-0.15, -0.1) is 0 Å². The van der Waals surface area contributed by atoms with E-state index < -0.39 is 0 Å². The van der Waals surface area contributed by atoms with Crippen molar-refractivity contribution in [1.29, 1.82) is 10.8 Å². The molecule has 0 amide bonds. The number of halogens is 1. The Bertz CT molecular complexity index is 795. The molecule has 0 unspecified atom stereocenters. The number of nitrogens with one attached hydrogen (secondary N) is 2. The summed E-state index contributed by atoms with van der Waals surface area (Å²) in [6.07, 6.45) is 0.528. The third kappa shape index (κ3) is 2.78. The number of hydrogen-bond acceptors (Lipinski definition) is 3. The predicted octanol–water partition coefficient (Wildman–Crippen LogP) is 5.44. The second-order valence-electron chi connectivity index (χ2n) is 6.66. The van der Waals surface area contributed by atoms with Gasteiger partial charge < -0.3 is 4.90 Å². The topological polar surface area (TPSA) is 54.2 Å². The van der Waals surface area contributed by atoms with Gasteiger partial charge >= 0.3 is 0 Å². The number of benzene rings is 2. The Morgan fingerprint density at radius 1 is 1.04 bits per heavy atom. The van der Waals surface area contributed by atoms with Gasteiger partial charge in [-0.1, -0.05) is 23.7 Å². The van der Waals surface area contributed by atoms with Gasteiger partial charge in [0, 0.05) is 22.7 Å². The number of nitrogens with zero attached hydrogens (tertiary/aromatic N) is 2. The summed E-state index contributed by atoms with van der Waals surface area (Å²) >= 11 is 6.05. The Balaban J connectivity index is 2.26. The molecule has 0 bridgehead atoms. The van der Waals surface area contributed by atoms with Crippen LogP contribution in [0.2, 0.25) is 5.02 Å². The van der Waals surface area contributed by atoms with Crippen LogP contribution in [0.15, 0.2) is 48.5 Å². The maximum atomic E-state index is 8.53. The van der Waals surface area contributed by atoms with Crippen LogP contribution in [-0.2, 0) is 0 Å². The normalized spacial score (nSPS) is 16.6. The Hall–Kier alpha value is -2.33. The zero-order chi connectivity index (χ0) is 17.5. The molecule has 0 radical (unpaired) electrons. The van der Waals surface area contributed by atoms with Crippen LogP contribution in [0.1, 0.15) is 27.2 Å². The monoisotopic (exact) mass is 340 g/mol. The summed E-state index contributed by atoms with van der Waals surface area (Å²) in [4.78, 5) is 3.95. The van der Waals surface area contributed by atoms with E-state index in [-0.39, 0.29) is 5.54 Å². The number of rotatable bonds is 1. The fourth-order valence-corrected chi connectivity index (χ4v) is 3.47. The lowest BCUT2D eigenvalue weighted by Gasteiger charge is -2.39. The van der Waals surface area contributed by atoms with E-state index in [4.69, 9.17) is 22.4 Å². The minimum Gasteiger partial charge on any atom is -0.334 e. The van der Waals surface area contributed by atoms with Crippen molar-refractivity contribution in [3.63, 3.8) is 0 Å². The summed E-state index contributed by atoms with van der Waals surface area (Å²) in [5.41, 5.74) is 2.55. The number of para-hydroxylation sites is 2. The quantitative estimate of drug-likeness (QED) is 0.536. The average molecular weight is 341 g/mol. The van der Waals surface area contributed by atoms with Gasteiger partial charge in [-0.3, -0.25) is 15.7 Å². The van der Waals surface area contributed by atoms with E-state index in [2.05, 4.69) is 18.7 Å². The van der Waals surface area contributed by atoms with Crippen molar-refractivity contribution in [2.75, 3.05) is 9.80 Å². The summed E-state index contributed by atoms with van der Waals surface area (Å²) in [5.74, 6) is 0.776. The van der Waals surface area contributed by atoms with Crippen LogP contribution in [-0.4, -0.2) is 17.2 Å². The fourth-order valence-electron chi connectivity index (χ4n) is 3.34. The molecule has 0 aromatic heterocycles. The molecule has 4 nitrogen and oxygen atoms in total. The van der Waals surface area contributed by atoms with Crippen molar-refractivity contribution in [3.8, 4) is 0 Å². The first kappa shape index (κ1) is 16.5. The van der Waals surface area contributed by atoms with Gasteiger partial charge in [0.15, 0.2) is 0 Å². The molecule has 0 spiro atoms. The molecule has 0 aliphatic carbocycles. The molecule has 0 saturated heterocycles. The van der Waals surface area contributed by atoms with E-state index in [1.54, 1.807) is 11.8 Å². The van der Waals surface area contributed by atoms with Crippen LogP contribution in [0.4, 0.5) is 17.1 Å². The van der Waals surface area contributed by atoms with Crippen LogP contribution in [0.3, 0.4) is 0 Å². The largest absolute Gasteiger partial charge is 0.334 e. The number of anilines is 3. The van der Waals surface area contributed by atoms with E-state index in [1.807, 2.05) is 48.5 Å². The zero-order valence-electron chi connectivity index (χ0n) is 14.1. The Labute approximate surface area is 147 Å². The lowest BCUT2D eigenvalue weighted by atomic mass is 9.96. The van der Waals surface area contributed by atoms with Gasteiger partial charge in [-0.25, -0.2) is 0 Å². The molecular weight excluding hydrogens is 320 g/mol. The molecule has 1 heterocycles. The van der Waals surface area contributed by atoms with Crippen molar-refractivity contribution >= 4 is 40.3 Å². The van der Waals surface area contributed by atoms with Crippen LogP contribution >= 0.6 is 11.6 Å². The molecule has 2 aromatic carbocycles. The van der Waals surface area contributed by atoms with Crippen LogP contribution in [0.5, 0.6) is 0 Å². The molecule has 1 aliphatic heterocycles. The summed E-state index contributed by atoms with van der Waals surface area (Å²) < 4.78 is 0. The molecule has 2 aromatic rings. The van der Waals surface area contributed by atoms with Gasteiger partial charge in [-0.2, -0.15) is 0 Å². The molecule has 5 heteroatoms. The second kappa shape index (κ2) is 5.95. The number of amidine groups is 2. The summed E-state index contributed by atoms with van der Waals surface area (Å²) in [6, 6.07) is 15.7. The van der Waals surface area contributed by atoms with Crippen molar-refractivity contribution in [1.82, 2.24) is 0 Å². The molecule has 0 atom stereocenters. The zero-order valence-corrected chi connectivity index (χ0v) is 14.9. The number of hydrogen-bond donors (Lipinski definition) is 2. The molecule has 0 fully saturated rings. The summed E-state index contributed by atoms with van der Waals surface area (Å²) in [5, 5.41) is 17.3. The molecular formula is C19H21ClN4. The third-order valence-electron chi connectivity index (χ3n) is 4.26. The third-order valence-corrected chi connectivity index (χ3v) is 4.51. The van der Waals surface area contributed by atoms with Crippen molar-refractivity contribution in [3.05, 3.63) is 53.6 Å². The van der Waals surface area contributed by atoms with Crippen molar-refractivity contribution in [2.24, 2.45) is 0 Å². The van der Waals surface area contributed by atoms with Gasteiger partial charge in [-0.05, 0) is 57.2 Å². The first-order valence-electron chi connectivity index (χ1n) is 7.89. The van der Waals surface area contributed by atoms with Crippen LogP contribution in [0.25, 0.3) is 0 Å². The molecule has 124 valence electrons. The average Bonchev–Trinajstić information content (AvgIpc) is 2.58. The van der Waals surface area contributed by atoms with E-state index in [0.717, 1.165) is 17.1 Å². The molecule has 3 rings (SSSR count). The van der Waals surface area contributed by atoms with Gasteiger partial charge in [0.2, 0.25) is 0 Å². The Morgan fingerprint density at radius 2 is 1.62 bits per heavy atom. The lowest BCUT2D eigenvalue weighted by Crippen LogP contribution is -2.43. The van der Waals surface area contributed by atoms with Crippen molar-refractivity contribution < 1.29 is 0 Å². The first-order valence-corrected chi connectivity index (χ1v) is 8.26. The highest BCUT2D eigenvalue weighted by atomic mass is 35.5. The Morgan fingerprint density at radius 3 is 2.21 bits per heavy atom.